The van der Waals surface area contributed by atoms with Gasteiger partial charge in [0, 0.05) is 19.3 Å². The van der Waals surface area contributed by atoms with Crippen molar-refractivity contribution in [2.24, 2.45) is 5.73 Å². The lowest BCUT2D eigenvalue weighted by Gasteiger charge is -1.95. The van der Waals surface area contributed by atoms with Gasteiger partial charge in [-0.05, 0) is 32.2 Å². The number of unbranched alkanes of at least 4 members (excludes halogenated alkanes) is 6. The van der Waals surface area contributed by atoms with Crippen molar-refractivity contribution in [2.45, 2.75) is 64.2 Å². The van der Waals surface area contributed by atoms with Crippen molar-refractivity contribution in [1.82, 2.24) is 0 Å². The minimum atomic E-state index is -0.758. The minimum absolute atomic E-state index is 0.221. The van der Waals surface area contributed by atoms with E-state index in [1.807, 2.05) is 0 Å². The molecule has 0 aromatic rings. The Hall–Kier alpha value is -1.43. The molecule has 0 amide bonds. The summed E-state index contributed by atoms with van der Waals surface area (Å²) in [7, 11) is 0. The zero-order valence-electron chi connectivity index (χ0n) is 12.1. The molecule has 4 N–H and O–H groups in total. The van der Waals surface area contributed by atoms with E-state index in [1.165, 1.54) is 0 Å². The van der Waals surface area contributed by atoms with E-state index in [-0.39, 0.29) is 6.42 Å². The van der Waals surface area contributed by atoms with Gasteiger partial charge in [0.05, 0.1) is 0 Å². The van der Waals surface area contributed by atoms with Gasteiger partial charge in [-0.1, -0.05) is 19.3 Å². The van der Waals surface area contributed by atoms with E-state index in [0.29, 0.717) is 25.8 Å². The molecule has 0 bridgehead atoms. The molecule has 0 saturated carbocycles. The fourth-order valence-corrected chi connectivity index (χ4v) is 1.45. The van der Waals surface area contributed by atoms with Crippen LogP contribution in [0.1, 0.15) is 64.2 Å². The summed E-state index contributed by atoms with van der Waals surface area (Å²) in [4.78, 5) is 29.8. The zero-order chi connectivity index (χ0) is 15.6. The van der Waals surface area contributed by atoms with Crippen LogP contribution in [0.5, 0.6) is 0 Å². The van der Waals surface area contributed by atoms with Gasteiger partial charge in [0.25, 0.3) is 0 Å². The van der Waals surface area contributed by atoms with Gasteiger partial charge in [0.1, 0.15) is 6.29 Å². The van der Waals surface area contributed by atoms with Crippen LogP contribution >= 0.6 is 0 Å². The largest absolute Gasteiger partial charge is 0.481 e. The highest BCUT2D eigenvalue weighted by Gasteiger charge is 1.95. The Labute approximate surface area is 120 Å². The maximum atomic E-state index is 10.0. The van der Waals surface area contributed by atoms with Crippen LogP contribution in [0.15, 0.2) is 0 Å². The second-order valence-corrected chi connectivity index (χ2v) is 4.51. The Balaban J connectivity index is 0. The summed E-state index contributed by atoms with van der Waals surface area (Å²) >= 11 is 0. The van der Waals surface area contributed by atoms with Crippen LogP contribution in [-0.4, -0.2) is 35.0 Å². The number of carboxylic acid groups (broad SMARTS) is 2. The Bertz CT molecular complexity index is 256. The summed E-state index contributed by atoms with van der Waals surface area (Å²) in [6.07, 6.45) is 8.12. The van der Waals surface area contributed by atoms with Gasteiger partial charge >= 0.3 is 11.9 Å². The quantitative estimate of drug-likeness (QED) is 0.374. The highest BCUT2D eigenvalue weighted by molar-refractivity contribution is 5.66. The lowest BCUT2D eigenvalue weighted by molar-refractivity contribution is -0.138. The number of nitrogens with two attached hydrogens (primary N) is 1. The Kier molecular flexibility index (Phi) is 18.3. The van der Waals surface area contributed by atoms with Crippen LogP contribution in [0.3, 0.4) is 0 Å². The first-order valence-corrected chi connectivity index (χ1v) is 7.11. The highest BCUT2D eigenvalue weighted by Crippen LogP contribution is 2.01. The molecule has 0 saturated heterocycles. The summed E-state index contributed by atoms with van der Waals surface area (Å²) in [6, 6.07) is 0. The van der Waals surface area contributed by atoms with Crippen molar-refractivity contribution in [3.63, 3.8) is 0 Å². The Morgan fingerprint density at radius 1 is 0.800 bits per heavy atom. The van der Waals surface area contributed by atoms with Crippen molar-refractivity contribution in [1.29, 1.82) is 0 Å². The lowest BCUT2D eigenvalue weighted by atomic mass is 10.1. The van der Waals surface area contributed by atoms with Crippen molar-refractivity contribution in [3.05, 3.63) is 0 Å². The summed E-state index contributed by atoms with van der Waals surface area (Å²) in [5.74, 6) is -1.46. The molecule has 0 aliphatic heterocycles. The van der Waals surface area contributed by atoms with Gasteiger partial charge in [0.15, 0.2) is 0 Å². The van der Waals surface area contributed by atoms with Gasteiger partial charge in [-0.2, -0.15) is 0 Å². The number of carbonyl (C=O) groups is 3. The second kappa shape index (κ2) is 17.6. The molecule has 0 aliphatic rings. The molecular weight excluding hydrogens is 262 g/mol. The van der Waals surface area contributed by atoms with Crippen LogP contribution in [-0.2, 0) is 14.4 Å². The molecule has 118 valence electrons. The van der Waals surface area contributed by atoms with E-state index in [9.17, 15) is 14.4 Å². The molecule has 0 radical (unpaired) electrons. The van der Waals surface area contributed by atoms with E-state index in [4.69, 9.17) is 15.9 Å². The van der Waals surface area contributed by atoms with Gasteiger partial charge in [0.2, 0.25) is 0 Å². The number of hydrogen-bond donors (Lipinski definition) is 3. The lowest BCUT2D eigenvalue weighted by Crippen LogP contribution is -1.98. The van der Waals surface area contributed by atoms with E-state index >= 15 is 0 Å². The van der Waals surface area contributed by atoms with E-state index in [0.717, 1.165) is 44.8 Å². The topological polar surface area (TPSA) is 118 Å². The Morgan fingerprint density at radius 2 is 1.25 bits per heavy atom. The summed E-state index contributed by atoms with van der Waals surface area (Å²) < 4.78 is 0. The normalized spacial score (nSPS) is 9.45. The SMILES string of the molecule is NCCCCCCC(=O)O.O=CCCCCCC(=O)O. The van der Waals surface area contributed by atoms with E-state index < -0.39 is 11.9 Å². The first-order chi connectivity index (χ1) is 9.54. The third-order valence-electron chi connectivity index (χ3n) is 2.56. The average molecular weight is 289 g/mol. The summed E-state index contributed by atoms with van der Waals surface area (Å²) in [5, 5.41) is 16.4. The van der Waals surface area contributed by atoms with Crippen LogP contribution in [0, 0.1) is 0 Å². The molecule has 0 aromatic heterocycles. The molecule has 6 nitrogen and oxygen atoms in total. The molecular formula is C14H27NO5. The maximum Gasteiger partial charge on any atom is 0.303 e. The molecule has 0 aromatic carbocycles. The monoisotopic (exact) mass is 289 g/mol. The molecule has 0 aliphatic carbocycles. The molecule has 0 atom stereocenters. The fourth-order valence-electron chi connectivity index (χ4n) is 1.45. The average Bonchev–Trinajstić information content (AvgIpc) is 2.38. The molecule has 0 spiro atoms. The highest BCUT2D eigenvalue weighted by atomic mass is 16.4. The van der Waals surface area contributed by atoms with E-state index in [2.05, 4.69) is 0 Å². The Morgan fingerprint density at radius 3 is 1.65 bits per heavy atom. The maximum absolute atomic E-state index is 10.0. The van der Waals surface area contributed by atoms with Gasteiger partial charge in [-0.25, -0.2) is 0 Å². The molecule has 6 heteroatoms. The number of carboxylic acids is 2. The second-order valence-electron chi connectivity index (χ2n) is 4.51. The predicted octanol–water partition coefficient (Wildman–Crippen LogP) is 2.20. The molecule has 0 unspecified atom stereocenters. The van der Waals surface area contributed by atoms with Crippen LogP contribution < -0.4 is 5.73 Å². The smallest absolute Gasteiger partial charge is 0.303 e. The molecule has 0 rings (SSSR count). The number of aliphatic carboxylic acids is 2. The minimum Gasteiger partial charge on any atom is -0.481 e. The third-order valence-corrected chi connectivity index (χ3v) is 2.56. The summed E-state index contributed by atoms with van der Waals surface area (Å²) in [5.41, 5.74) is 5.25. The number of aldehydes is 1. The predicted molar refractivity (Wildman–Crippen MR) is 76.6 cm³/mol. The third kappa shape index (κ3) is 25.4. The van der Waals surface area contributed by atoms with E-state index in [1.54, 1.807) is 0 Å². The van der Waals surface area contributed by atoms with Gasteiger partial charge < -0.3 is 20.7 Å². The fraction of sp³-hybridized carbons (Fsp3) is 0.786. The van der Waals surface area contributed by atoms with Gasteiger partial charge in [-0.15, -0.1) is 0 Å². The van der Waals surface area contributed by atoms with Crippen LogP contribution in [0.25, 0.3) is 0 Å². The number of carbonyl (C=O) groups excluding carboxylic acids is 1. The molecule has 0 heterocycles. The zero-order valence-corrected chi connectivity index (χ0v) is 12.1. The van der Waals surface area contributed by atoms with Crippen molar-refractivity contribution < 1.29 is 24.6 Å². The standard InChI is InChI=1S/C7H15NO2.C7H12O3/c2*8-6-4-2-1-3-5-7(9)10/h1-6,8H2,(H,9,10);6H,1-5H2,(H,9,10). The van der Waals surface area contributed by atoms with Crippen molar-refractivity contribution >= 4 is 18.2 Å². The summed E-state index contributed by atoms with van der Waals surface area (Å²) in [6.45, 7) is 0.715. The van der Waals surface area contributed by atoms with Crippen molar-refractivity contribution in [3.8, 4) is 0 Å². The molecule has 0 fully saturated rings. The van der Waals surface area contributed by atoms with Crippen LogP contribution in [0.2, 0.25) is 0 Å². The van der Waals surface area contributed by atoms with Crippen molar-refractivity contribution in [2.75, 3.05) is 6.54 Å². The first-order valence-electron chi connectivity index (χ1n) is 7.11. The number of rotatable bonds is 12. The van der Waals surface area contributed by atoms with Crippen LogP contribution in [0.4, 0.5) is 0 Å². The number of hydrogen-bond acceptors (Lipinski definition) is 4. The first kappa shape index (κ1) is 20.9. The van der Waals surface area contributed by atoms with Gasteiger partial charge in [-0.3, -0.25) is 9.59 Å². The molecule has 20 heavy (non-hydrogen) atoms.